The minimum atomic E-state index is -1.20. The van der Waals surface area contributed by atoms with E-state index in [4.69, 9.17) is 21.8 Å². The number of nitrogens with two attached hydrogens (primary N) is 1. The molecule has 2 N–H and O–H groups in total. The molecule has 2 heterocycles. The standard InChI is InChI=1S/C22H25FN4O3/c1-13-6-16-18(28)27(3)19(24)26-22(16,12-29-13)15-7-14(4-5-17(15)23)30-11-20-8-21(9-20,10-20)25-2/h4-5,7,13,16H,6,8-12H2,1,3H3,(H2,24,26)/t13-,16-,20?,21?,22+/m0/s1. The average molecular weight is 412 g/mol. The maximum atomic E-state index is 15.0. The van der Waals surface area contributed by atoms with Crippen molar-refractivity contribution in [3.63, 3.8) is 0 Å². The van der Waals surface area contributed by atoms with E-state index >= 15 is 4.39 Å². The Morgan fingerprint density at radius 3 is 2.87 bits per heavy atom. The number of amides is 1. The van der Waals surface area contributed by atoms with Gasteiger partial charge in [0.25, 0.3) is 0 Å². The Morgan fingerprint density at radius 1 is 1.43 bits per heavy atom. The molecule has 3 aliphatic carbocycles. The van der Waals surface area contributed by atoms with E-state index < -0.39 is 17.3 Å². The molecular formula is C22H25FN4O3. The quantitative estimate of drug-likeness (QED) is 0.771. The molecule has 0 radical (unpaired) electrons. The zero-order valence-electron chi connectivity index (χ0n) is 17.2. The number of benzene rings is 1. The number of aliphatic imine (C=N–C) groups is 1. The Bertz CT molecular complexity index is 983. The second kappa shape index (κ2) is 6.17. The van der Waals surface area contributed by atoms with Gasteiger partial charge in [0.2, 0.25) is 11.4 Å². The molecule has 4 fully saturated rings. The van der Waals surface area contributed by atoms with E-state index in [1.54, 1.807) is 19.2 Å². The number of carbonyl (C=O) groups excluding carboxylic acids is 1. The number of halogens is 1. The van der Waals surface area contributed by atoms with Crippen LogP contribution in [-0.2, 0) is 15.1 Å². The van der Waals surface area contributed by atoms with Gasteiger partial charge in [-0.3, -0.25) is 9.69 Å². The number of nitrogens with zero attached hydrogens (tertiary/aromatic N) is 3. The van der Waals surface area contributed by atoms with Crippen molar-refractivity contribution < 1.29 is 18.7 Å². The summed E-state index contributed by atoms with van der Waals surface area (Å²) in [6.45, 7) is 9.75. The molecule has 1 aromatic rings. The van der Waals surface area contributed by atoms with E-state index in [9.17, 15) is 4.79 Å². The Morgan fingerprint density at radius 2 is 2.17 bits per heavy atom. The van der Waals surface area contributed by atoms with Crippen molar-refractivity contribution in [2.45, 2.75) is 49.8 Å². The minimum Gasteiger partial charge on any atom is -0.493 e. The lowest BCUT2D eigenvalue weighted by molar-refractivity contribution is -0.144. The molecule has 2 bridgehead atoms. The lowest BCUT2D eigenvalue weighted by Crippen LogP contribution is -2.67. The van der Waals surface area contributed by atoms with E-state index in [0.717, 1.165) is 19.3 Å². The van der Waals surface area contributed by atoms with Gasteiger partial charge in [-0.25, -0.2) is 16.0 Å². The third-order valence-electron chi connectivity index (χ3n) is 7.32. The summed E-state index contributed by atoms with van der Waals surface area (Å²) in [5.74, 6) is -0.615. The lowest BCUT2D eigenvalue weighted by atomic mass is 9.40. The topological polar surface area (TPSA) is 81.5 Å². The van der Waals surface area contributed by atoms with Gasteiger partial charge in [0.1, 0.15) is 17.1 Å². The Hall–Kier alpha value is -2.66. The molecule has 158 valence electrons. The highest BCUT2D eigenvalue weighted by Crippen LogP contribution is 2.69. The van der Waals surface area contributed by atoms with Gasteiger partial charge in [-0.15, -0.1) is 0 Å². The third kappa shape index (κ3) is 2.58. The van der Waals surface area contributed by atoms with Crippen LogP contribution < -0.4 is 10.5 Å². The van der Waals surface area contributed by atoms with Crippen molar-refractivity contribution in [1.29, 1.82) is 0 Å². The van der Waals surface area contributed by atoms with Gasteiger partial charge in [0, 0.05) is 37.3 Å². The molecule has 6 rings (SSSR count). The van der Waals surface area contributed by atoms with E-state index in [2.05, 4.69) is 9.84 Å². The average Bonchev–Trinajstić information content (AvgIpc) is 2.66. The fourth-order valence-electron chi connectivity index (χ4n) is 5.70. The van der Waals surface area contributed by atoms with Gasteiger partial charge in [-0.2, -0.15) is 0 Å². The predicted octanol–water partition coefficient (Wildman–Crippen LogP) is 2.45. The van der Waals surface area contributed by atoms with Crippen LogP contribution in [0.1, 0.15) is 38.2 Å². The van der Waals surface area contributed by atoms with Gasteiger partial charge in [-0.05, 0) is 31.5 Å². The smallest absolute Gasteiger partial charge is 0.235 e. The first-order valence-electron chi connectivity index (χ1n) is 10.3. The summed E-state index contributed by atoms with van der Waals surface area (Å²) in [7, 11) is 1.58. The number of hydrogen-bond donors (Lipinski definition) is 1. The molecule has 7 nitrogen and oxygen atoms in total. The molecule has 1 saturated heterocycles. The van der Waals surface area contributed by atoms with Crippen LogP contribution in [0.3, 0.4) is 0 Å². The van der Waals surface area contributed by atoms with Crippen LogP contribution in [0.25, 0.3) is 4.85 Å². The second-order valence-electron chi connectivity index (χ2n) is 9.50. The molecule has 1 amide bonds. The number of hydrogen-bond acceptors (Lipinski definition) is 5. The number of fused-ring (bicyclic) bond motifs is 1. The molecule has 3 atom stereocenters. The van der Waals surface area contributed by atoms with Crippen molar-refractivity contribution >= 4 is 11.9 Å². The number of rotatable bonds is 4. The maximum Gasteiger partial charge on any atom is 0.235 e. The highest BCUT2D eigenvalue weighted by Gasteiger charge is 2.74. The number of ether oxygens (including phenoxy) is 2. The highest BCUT2D eigenvalue weighted by atomic mass is 19.1. The summed E-state index contributed by atoms with van der Waals surface area (Å²) in [4.78, 5) is 22.6. The molecule has 0 spiro atoms. The highest BCUT2D eigenvalue weighted by molar-refractivity contribution is 6.00. The Kier molecular flexibility index (Phi) is 3.97. The summed E-state index contributed by atoms with van der Waals surface area (Å²) in [6, 6.07) is 4.58. The summed E-state index contributed by atoms with van der Waals surface area (Å²) in [5.41, 5.74) is 5.02. The van der Waals surface area contributed by atoms with Crippen molar-refractivity contribution in [3.8, 4) is 5.75 Å². The van der Waals surface area contributed by atoms with Crippen molar-refractivity contribution in [2.24, 2.45) is 22.1 Å². The van der Waals surface area contributed by atoms with Crippen LogP contribution in [0.4, 0.5) is 4.39 Å². The molecule has 5 aliphatic rings. The van der Waals surface area contributed by atoms with Crippen molar-refractivity contribution in [2.75, 3.05) is 20.3 Å². The van der Waals surface area contributed by atoms with Crippen molar-refractivity contribution in [1.82, 2.24) is 4.90 Å². The third-order valence-corrected chi connectivity index (χ3v) is 7.32. The first kappa shape index (κ1) is 19.3. The molecule has 2 aliphatic heterocycles. The number of carbonyl (C=O) groups is 1. The minimum absolute atomic E-state index is 0.0541. The van der Waals surface area contributed by atoms with Gasteiger partial charge < -0.3 is 20.1 Å². The van der Waals surface area contributed by atoms with Crippen LogP contribution in [0, 0.1) is 23.7 Å². The van der Waals surface area contributed by atoms with Gasteiger partial charge in [0.15, 0.2) is 5.96 Å². The van der Waals surface area contributed by atoms with E-state index in [1.807, 2.05) is 6.92 Å². The molecule has 3 saturated carbocycles. The predicted molar refractivity (Wildman–Crippen MR) is 107 cm³/mol. The first-order valence-corrected chi connectivity index (χ1v) is 10.3. The lowest BCUT2D eigenvalue weighted by Gasteiger charge is -2.61. The van der Waals surface area contributed by atoms with Crippen molar-refractivity contribution in [3.05, 3.63) is 41.0 Å². The molecular weight excluding hydrogens is 387 g/mol. The molecule has 30 heavy (non-hydrogen) atoms. The SMILES string of the molecule is [C-]#[N+]C12CC(COc3ccc(F)c([C@]45CO[C@@H](C)C[C@H]4C(=O)N(C)C(N)=N5)c3)(C1)C2. The van der Waals surface area contributed by atoms with Crippen LogP contribution in [0.5, 0.6) is 5.75 Å². The Labute approximate surface area is 174 Å². The van der Waals surface area contributed by atoms with Gasteiger partial charge >= 0.3 is 0 Å². The molecule has 0 aromatic heterocycles. The van der Waals surface area contributed by atoms with E-state index in [0.29, 0.717) is 18.8 Å². The molecule has 8 heteroatoms. The molecule has 1 aromatic carbocycles. The van der Waals surface area contributed by atoms with Gasteiger partial charge in [0.05, 0.1) is 25.2 Å². The van der Waals surface area contributed by atoms with E-state index in [1.165, 1.54) is 11.0 Å². The monoisotopic (exact) mass is 412 g/mol. The normalized spacial score (nSPS) is 39.2. The summed E-state index contributed by atoms with van der Waals surface area (Å²) in [6.07, 6.45) is 2.92. The summed E-state index contributed by atoms with van der Waals surface area (Å²) >= 11 is 0. The van der Waals surface area contributed by atoms with Crippen LogP contribution in [0.15, 0.2) is 23.2 Å². The first-order chi connectivity index (χ1) is 14.2. The zero-order chi connectivity index (χ0) is 21.3. The second-order valence-corrected chi connectivity index (χ2v) is 9.50. The van der Waals surface area contributed by atoms with E-state index in [-0.39, 0.29) is 41.1 Å². The van der Waals surface area contributed by atoms with Gasteiger partial charge in [-0.1, -0.05) is 0 Å². The summed E-state index contributed by atoms with van der Waals surface area (Å²) < 4.78 is 26.9. The fourth-order valence-corrected chi connectivity index (χ4v) is 5.70. The zero-order valence-corrected chi connectivity index (χ0v) is 17.2. The maximum absolute atomic E-state index is 15.0. The Balaban J connectivity index is 1.46. The largest absolute Gasteiger partial charge is 0.493 e. The molecule has 0 unspecified atom stereocenters. The summed E-state index contributed by atoms with van der Waals surface area (Å²) in [5, 5.41) is 0. The van der Waals surface area contributed by atoms with Crippen LogP contribution in [-0.4, -0.2) is 48.7 Å². The van der Waals surface area contributed by atoms with Crippen LogP contribution in [0.2, 0.25) is 0 Å². The number of guanidine groups is 1. The fraction of sp³-hybridized carbons (Fsp3) is 0.591. The van der Waals surface area contributed by atoms with Crippen LogP contribution >= 0.6 is 0 Å².